The zero-order valence-corrected chi connectivity index (χ0v) is 4.94. The molecule has 0 fully saturated rings. The summed E-state index contributed by atoms with van der Waals surface area (Å²) in [7, 11) is 0. The average Bonchev–Trinajstić information content (AvgIpc) is 1.88. The number of alkyl halides is 2. The summed E-state index contributed by atoms with van der Waals surface area (Å²) < 4.78 is 36.4. The topological polar surface area (TPSA) is 24.4 Å². The molecule has 0 saturated heterocycles. The molecule has 1 rings (SSSR count). The normalized spacial score (nSPS) is 31.3. The van der Waals surface area contributed by atoms with Crippen LogP contribution >= 0.6 is 0 Å². The minimum absolute atomic E-state index is 0.880. The first-order chi connectivity index (χ1) is 4.66. The van der Waals surface area contributed by atoms with Gasteiger partial charge in [-0.2, -0.15) is 8.78 Å². The van der Waals surface area contributed by atoms with Crippen LogP contribution in [0.5, 0.6) is 0 Å². The largest absolute Gasteiger partial charge is 0.309 e. The van der Waals surface area contributed by atoms with Gasteiger partial charge in [0.15, 0.2) is 12.6 Å². The molecule has 0 bridgehead atoms. The van der Waals surface area contributed by atoms with Gasteiger partial charge >= 0.3 is 5.92 Å². The Labute approximate surface area is 55.4 Å². The smallest absolute Gasteiger partial charge is 0.305 e. The van der Waals surface area contributed by atoms with Crippen LogP contribution in [-0.2, 0) is 0 Å². The third-order valence-corrected chi connectivity index (χ3v) is 0.988. The van der Waals surface area contributed by atoms with Gasteiger partial charge in [0.05, 0.1) is 0 Å². The lowest BCUT2D eigenvalue weighted by Gasteiger charge is -2.20. The molecule has 0 aromatic heterocycles. The van der Waals surface area contributed by atoms with Crippen molar-refractivity contribution >= 4 is 6.21 Å². The molecule has 0 spiro atoms. The van der Waals surface area contributed by atoms with Crippen molar-refractivity contribution in [1.29, 1.82) is 0 Å². The summed E-state index contributed by atoms with van der Waals surface area (Å²) in [6.45, 7) is -1.38. The summed E-state index contributed by atoms with van der Waals surface area (Å²) in [5, 5.41) is 1.60. The predicted molar refractivity (Wildman–Crippen MR) is 30.6 cm³/mol. The first-order valence-electron chi connectivity index (χ1n) is 2.60. The van der Waals surface area contributed by atoms with Crippen LogP contribution in [0.25, 0.3) is 0 Å². The SMILES string of the molecule is FCC1(F)N=CC=C(F)N1. The van der Waals surface area contributed by atoms with Gasteiger partial charge in [0.25, 0.3) is 0 Å². The van der Waals surface area contributed by atoms with Crippen molar-refractivity contribution in [3.63, 3.8) is 0 Å². The number of nitrogens with zero attached hydrogens (tertiary/aromatic N) is 1. The summed E-state index contributed by atoms with van der Waals surface area (Å²) in [5.74, 6) is -3.52. The van der Waals surface area contributed by atoms with Crippen molar-refractivity contribution < 1.29 is 13.2 Å². The molecule has 1 N–H and O–H groups in total. The molecule has 1 heterocycles. The van der Waals surface area contributed by atoms with Crippen molar-refractivity contribution in [3.05, 3.63) is 12.0 Å². The maximum absolute atomic E-state index is 12.6. The second-order valence-corrected chi connectivity index (χ2v) is 1.81. The number of allylic oxidation sites excluding steroid dienone is 1. The van der Waals surface area contributed by atoms with Crippen LogP contribution in [0, 0.1) is 0 Å². The van der Waals surface area contributed by atoms with Crippen LogP contribution in [0.15, 0.2) is 17.0 Å². The highest BCUT2D eigenvalue weighted by Crippen LogP contribution is 2.15. The second-order valence-electron chi connectivity index (χ2n) is 1.81. The highest BCUT2D eigenvalue weighted by atomic mass is 19.2. The van der Waals surface area contributed by atoms with Gasteiger partial charge in [0.1, 0.15) is 0 Å². The van der Waals surface area contributed by atoms with E-state index in [1.54, 1.807) is 5.32 Å². The molecule has 5 heteroatoms. The highest BCUT2D eigenvalue weighted by Gasteiger charge is 2.30. The quantitative estimate of drug-likeness (QED) is 0.555. The van der Waals surface area contributed by atoms with Gasteiger partial charge in [-0.25, -0.2) is 9.38 Å². The maximum Gasteiger partial charge on any atom is 0.305 e. The molecule has 1 unspecified atom stereocenters. The summed E-state index contributed by atoms with van der Waals surface area (Å²) in [6, 6.07) is 0. The Bertz CT molecular complexity index is 189. The van der Waals surface area contributed by atoms with E-state index in [1.807, 2.05) is 0 Å². The molecule has 2 nitrogen and oxygen atoms in total. The Kier molecular flexibility index (Phi) is 1.65. The van der Waals surface area contributed by atoms with Crippen LogP contribution in [0.1, 0.15) is 0 Å². The molecular formula is C5H5F3N2. The van der Waals surface area contributed by atoms with Gasteiger partial charge in [-0.1, -0.05) is 0 Å². The Balaban J connectivity index is 2.71. The van der Waals surface area contributed by atoms with Crippen LogP contribution in [-0.4, -0.2) is 18.8 Å². The fraction of sp³-hybridized carbons (Fsp3) is 0.400. The van der Waals surface area contributed by atoms with Crippen molar-refractivity contribution in [3.8, 4) is 0 Å². The lowest BCUT2D eigenvalue weighted by atomic mass is 10.4. The first-order valence-corrected chi connectivity index (χ1v) is 2.60. The monoisotopic (exact) mass is 150 g/mol. The third kappa shape index (κ3) is 1.29. The Morgan fingerprint density at radius 2 is 2.40 bits per heavy atom. The number of halogens is 3. The number of rotatable bonds is 1. The second kappa shape index (κ2) is 2.32. The zero-order valence-electron chi connectivity index (χ0n) is 4.94. The van der Waals surface area contributed by atoms with Gasteiger partial charge in [0.2, 0.25) is 0 Å². The molecule has 1 aliphatic rings. The minimum Gasteiger partial charge on any atom is -0.309 e. The molecule has 1 atom stereocenters. The lowest BCUT2D eigenvalue weighted by Crippen LogP contribution is -2.41. The number of nitrogens with one attached hydrogen (secondary N) is 1. The van der Waals surface area contributed by atoms with Crippen LogP contribution in [0.3, 0.4) is 0 Å². The van der Waals surface area contributed by atoms with Gasteiger partial charge in [-0.15, -0.1) is 0 Å². The van der Waals surface area contributed by atoms with E-state index in [-0.39, 0.29) is 0 Å². The van der Waals surface area contributed by atoms with Gasteiger partial charge in [0, 0.05) is 12.3 Å². The van der Waals surface area contributed by atoms with Gasteiger partial charge in [-0.05, 0) is 0 Å². The van der Waals surface area contributed by atoms with Crippen molar-refractivity contribution in [1.82, 2.24) is 5.32 Å². The number of hydrogen-bond acceptors (Lipinski definition) is 2. The average molecular weight is 150 g/mol. The van der Waals surface area contributed by atoms with E-state index in [9.17, 15) is 13.2 Å². The summed E-state index contributed by atoms with van der Waals surface area (Å²) in [6.07, 6.45) is 1.79. The van der Waals surface area contributed by atoms with E-state index in [4.69, 9.17) is 0 Å². The molecule has 0 aromatic carbocycles. The van der Waals surface area contributed by atoms with Crippen molar-refractivity contribution in [2.24, 2.45) is 4.99 Å². The van der Waals surface area contributed by atoms with Crippen molar-refractivity contribution in [2.75, 3.05) is 6.67 Å². The van der Waals surface area contributed by atoms with E-state index in [0.29, 0.717) is 0 Å². The zero-order chi connectivity index (χ0) is 7.61. The number of aliphatic imine (C=N–C) groups is 1. The fourth-order valence-electron chi connectivity index (χ4n) is 0.546. The van der Waals surface area contributed by atoms with Gasteiger partial charge in [-0.3, -0.25) is 0 Å². The molecule has 0 radical (unpaired) electrons. The maximum atomic E-state index is 12.6. The van der Waals surface area contributed by atoms with Crippen LogP contribution in [0.4, 0.5) is 13.2 Å². The summed E-state index contributed by atoms with van der Waals surface area (Å²) >= 11 is 0. The fourth-order valence-corrected chi connectivity index (χ4v) is 0.546. The molecule has 0 aliphatic carbocycles. The molecular weight excluding hydrogens is 145 g/mol. The predicted octanol–water partition coefficient (Wildman–Crippen LogP) is 1.06. The Morgan fingerprint density at radius 3 is 2.80 bits per heavy atom. The van der Waals surface area contributed by atoms with Crippen LogP contribution in [0.2, 0.25) is 0 Å². The van der Waals surface area contributed by atoms with E-state index >= 15 is 0 Å². The van der Waals surface area contributed by atoms with E-state index in [1.165, 1.54) is 0 Å². The summed E-state index contributed by atoms with van der Waals surface area (Å²) in [5.41, 5.74) is 0. The molecule has 0 saturated carbocycles. The van der Waals surface area contributed by atoms with E-state index in [2.05, 4.69) is 4.99 Å². The Morgan fingerprint density at radius 1 is 1.70 bits per heavy atom. The Hall–Kier alpha value is -1.00. The first kappa shape index (κ1) is 7.11. The molecule has 1 aliphatic heterocycles. The van der Waals surface area contributed by atoms with E-state index in [0.717, 1.165) is 12.3 Å². The highest BCUT2D eigenvalue weighted by molar-refractivity contribution is 5.72. The van der Waals surface area contributed by atoms with Crippen LogP contribution < -0.4 is 5.32 Å². The number of hydrogen-bond donors (Lipinski definition) is 1. The molecule has 0 amide bonds. The third-order valence-electron chi connectivity index (χ3n) is 0.988. The molecule has 10 heavy (non-hydrogen) atoms. The summed E-state index contributed by atoms with van der Waals surface area (Å²) in [4.78, 5) is 3.04. The molecule has 56 valence electrons. The van der Waals surface area contributed by atoms with Crippen molar-refractivity contribution in [2.45, 2.75) is 5.92 Å². The lowest BCUT2D eigenvalue weighted by molar-refractivity contribution is 0.0912. The molecule has 0 aromatic rings. The van der Waals surface area contributed by atoms with E-state index < -0.39 is 18.5 Å². The van der Waals surface area contributed by atoms with Gasteiger partial charge < -0.3 is 5.32 Å². The minimum atomic E-state index is -2.60. The standard InChI is InChI=1S/C5H5F3N2/c6-3-5(8)9-2-1-4(7)10-5/h1-2,10H,3H2.